The number of hydrogen-bond donors (Lipinski definition) is 1. The second-order valence-corrected chi connectivity index (χ2v) is 5.88. The number of rotatable bonds is 7. The number of amides is 1. The lowest BCUT2D eigenvalue weighted by molar-refractivity contribution is -0.124. The molecule has 25 heavy (non-hydrogen) atoms. The van der Waals surface area contributed by atoms with Gasteiger partial charge in [-0.05, 0) is 36.1 Å². The molecule has 0 radical (unpaired) electrons. The number of nitrogens with one attached hydrogen (secondary N) is 1. The first-order valence-electron chi connectivity index (χ1n) is 8.14. The maximum absolute atomic E-state index is 12.0. The van der Waals surface area contributed by atoms with Gasteiger partial charge in [0.1, 0.15) is 5.75 Å². The Bertz CT molecular complexity index is 728. The molecule has 132 valence electrons. The average Bonchev–Trinajstić information content (AvgIpc) is 2.65. The normalized spacial score (nSPS) is 11.5. The number of carbonyl (C=O) groups excluding carboxylic acids is 2. The third-order valence-corrected chi connectivity index (χ3v) is 3.95. The zero-order chi connectivity index (χ0) is 18.2. The molecule has 0 unspecified atom stereocenters. The van der Waals surface area contributed by atoms with Crippen molar-refractivity contribution in [3.05, 3.63) is 65.2 Å². The van der Waals surface area contributed by atoms with Crippen molar-refractivity contribution >= 4 is 11.9 Å². The van der Waals surface area contributed by atoms with Gasteiger partial charge in [-0.2, -0.15) is 0 Å². The first-order chi connectivity index (χ1) is 12.0. The van der Waals surface area contributed by atoms with Crippen LogP contribution in [0.15, 0.2) is 48.5 Å². The van der Waals surface area contributed by atoms with E-state index < -0.39 is 5.97 Å². The van der Waals surface area contributed by atoms with Crippen molar-refractivity contribution in [2.24, 2.45) is 0 Å². The van der Waals surface area contributed by atoms with Crippen LogP contribution in [0.3, 0.4) is 0 Å². The summed E-state index contributed by atoms with van der Waals surface area (Å²) in [5, 5.41) is 2.78. The van der Waals surface area contributed by atoms with Crippen LogP contribution >= 0.6 is 0 Å². The molecular formula is C20H23NO4. The van der Waals surface area contributed by atoms with Gasteiger partial charge >= 0.3 is 5.97 Å². The predicted octanol–water partition coefficient (Wildman–Crippen LogP) is 3.08. The molecule has 0 saturated heterocycles. The molecule has 0 aliphatic carbocycles. The Morgan fingerprint density at radius 1 is 1.12 bits per heavy atom. The molecule has 0 aliphatic rings. The maximum atomic E-state index is 12.0. The van der Waals surface area contributed by atoms with Gasteiger partial charge in [-0.15, -0.1) is 0 Å². The summed E-state index contributed by atoms with van der Waals surface area (Å²) in [6, 6.07) is 14.9. The SMILES string of the molecule is COc1cc(C(=O)OCC(=O)NC[C@@H](C)c2ccccc2)ccc1C. The smallest absolute Gasteiger partial charge is 0.338 e. The minimum Gasteiger partial charge on any atom is -0.496 e. The van der Waals surface area contributed by atoms with Crippen LogP contribution in [-0.2, 0) is 9.53 Å². The number of aryl methyl sites for hydroxylation is 1. The highest BCUT2D eigenvalue weighted by Gasteiger charge is 2.13. The quantitative estimate of drug-likeness (QED) is 0.786. The summed E-state index contributed by atoms with van der Waals surface area (Å²) in [5.41, 5.74) is 2.42. The highest BCUT2D eigenvalue weighted by atomic mass is 16.5. The number of carbonyl (C=O) groups is 2. The number of hydrogen-bond acceptors (Lipinski definition) is 4. The summed E-state index contributed by atoms with van der Waals surface area (Å²) >= 11 is 0. The van der Waals surface area contributed by atoms with Crippen LogP contribution in [0.25, 0.3) is 0 Å². The van der Waals surface area contributed by atoms with E-state index in [4.69, 9.17) is 9.47 Å². The number of benzene rings is 2. The molecule has 2 rings (SSSR count). The van der Waals surface area contributed by atoms with Crippen LogP contribution in [0, 0.1) is 6.92 Å². The Balaban J connectivity index is 1.80. The number of esters is 1. The molecule has 0 bridgehead atoms. The summed E-state index contributed by atoms with van der Waals surface area (Å²) < 4.78 is 10.2. The molecule has 0 saturated carbocycles. The van der Waals surface area contributed by atoms with Gasteiger partial charge in [0.25, 0.3) is 5.91 Å². The van der Waals surface area contributed by atoms with E-state index in [0.29, 0.717) is 17.9 Å². The first-order valence-corrected chi connectivity index (χ1v) is 8.14. The van der Waals surface area contributed by atoms with Gasteiger partial charge in [0.2, 0.25) is 0 Å². The van der Waals surface area contributed by atoms with Gasteiger partial charge in [-0.1, -0.05) is 43.3 Å². The molecule has 1 atom stereocenters. The molecule has 0 spiro atoms. The molecule has 5 nitrogen and oxygen atoms in total. The number of ether oxygens (including phenoxy) is 2. The van der Waals surface area contributed by atoms with Gasteiger partial charge in [0, 0.05) is 6.54 Å². The van der Waals surface area contributed by atoms with Crippen LogP contribution in [0.2, 0.25) is 0 Å². The third kappa shape index (κ3) is 5.35. The van der Waals surface area contributed by atoms with E-state index in [0.717, 1.165) is 11.1 Å². The number of methoxy groups -OCH3 is 1. The van der Waals surface area contributed by atoms with Crippen molar-refractivity contribution in [2.45, 2.75) is 19.8 Å². The lowest BCUT2D eigenvalue weighted by atomic mass is 10.0. The molecule has 0 heterocycles. The zero-order valence-electron chi connectivity index (χ0n) is 14.7. The van der Waals surface area contributed by atoms with E-state index in [-0.39, 0.29) is 18.4 Å². The van der Waals surface area contributed by atoms with Gasteiger partial charge < -0.3 is 14.8 Å². The Hall–Kier alpha value is -2.82. The maximum Gasteiger partial charge on any atom is 0.338 e. The molecular weight excluding hydrogens is 318 g/mol. The Kier molecular flexibility index (Phi) is 6.57. The summed E-state index contributed by atoms with van der Waals surface area (Å²) in [4.78, 5) is 23.9. The van der Waals surface area contributed by atoms with Crippen molar-refractivity contribution < 1.29 is 19.1 Å². The molecule has 2 aromatic rings. The summed E-state index contributed by atoms with van der Waals surface area (Å²) in [6.07, 6.45) is 0. The molecule has 0 aliphatic heterocycles. The summed E-state index contributed by atoms with van der Waals surface area (Å²) in [7, 11) is 1.54. The third-order valence-electron chi connectivity index (χ3n) is 3.95. The van der Waals surface area contributed by atoms with Gasteiger partial charge in [0.15, 0.2) is 6.61 Å². The average molecular weight is 341 g/mol. The van der Waals surface area contributed by atoms with Crippen molar-refractivity contribution in [3.8, 4) is 5.75 Å². The minimum absolute atomic E-state index is 0.183. The highest BCUT2D eigenvalue weighted by molar-refractivity contribution is 5.91. The molecule has 5 heteroatoms. The van der Waals surface area contributed by atoms with E-state index in [2.05, 4.69) is 5.32 Å². The van der Waals surface area contributed by atoms with Crippen LogP contribution < -0.4 is 10.1 Å². The Morgan fingerprint density at radius 2 is 1.84 bits per heavy atom. The van der Waals surface area contributed by atoms with Gasteiger partial charge in [-0.3, -0.25) is 4.79 Å². The van der Waals surface area contributed by atoms with E-state index in [1.54, 1.807) is 25.3 Å². The van der Waals surface area contributed by atoms with Gasteiger partial charge in [0.05, 0.1) is 12.7 Å². The largest absolute Gasteiger partial charge is 0.496 e. The highest BCUT2D eigenvalue weighted by Crippen LogP contribution is 2.19. The predicted molar refractivity (Wildman–Crippen MR) is 95.9 cm³/mol. The lowest BCUT2D eigenvalue weighted by Crippen LogP contribution is -2.31. The molecule has 0 fully saturated rings. The van der Waals surface area contributed by atoms with Crippen LogP contribution in [0.4, 0.5) is 0 Å². The van der Waals surface area contributed by atoms with Crippen LogP contribution in [-0.4, -0.2) is 32.1 Å². The lowest BCUT2D eigenvalue weighted by Gasteiger charge is -2.13. The Morgan fingerprint density at radius 3 is 2.52 bits per heavy atom. The second kappa shape index (κ2) is 8.87. The van der Waals surface area contributed by atoms with E-state index >= 15 is 0 Å². The Labute approximate surface area is 148 Å². The van der Waals surface area contributed by atoms with Gasteiger partial charge in [-0.25, -0.2) is 4.79 Å². The zero-order valence-corrected chi connectivity index (χ0v) is 14.7. The summed E-state index contributed by atoms with van der Waals surface area (Å²) in [5.74, 6) is -0.0856. The van der Waals surface area contributed by atoms with Crippen molar-refractivity contribution in [2.75, 3.05) is 20.3 Å². The van der Waals surface area contributed by atoms with Crippen molar-refractivity contribution in [1.82, 2.24) is 5.32 Å². The van der Waals surface area contributed by atoms with E-state index in [9.17, 15) is 9.59 Å². The second-order valence-electron chi connectivity index (χ2n) is 5.88. The molecule has 1 amide bonds. The minimum atomic E-state index is -0.551. The fourth-order valence-electron chi connectivity index (χ4n) is 2.38. The molecule has 1 N–H and O–H groups in total. The summed E-state index contributed by atoms with van der Waals surface area (Å²) in [6.45, 7) is 4.09. The fourth-order valence-corrected chi connectivity index (χ4v) is 2.38. The molecule has 0 aromatic heterocycles. The molecule has 2 aromatic carbocycles. The fraction of sp³-hybridized carbons (Fsp3) is 0.300. The first kappa shape index (κ1) is 18.5. The topological polar surface area (TPSA) is 64.6 Å². The van der Waals surface area contributed by atoms with E-state index in [1.165, 1.54) is 0 Å². The van der Waals surface area contributed by atoms with Crippen LogP contribution in [0.5, 0.6) is 5.75 Å². The van der Waals surface area contributed by atoms with E-state index in [1.807, 2.05) is 44.2 Å². The van der Waals surface area contributed by atoms with Crippen molar-refractivity contribution in [3.63, 3.8) is 0 Å². The monoisotopic (exact) mass is 341 g/mol. The standard InChI is InChI=1S/C20H23NO4/c1-14-9-10-17(11-18(14)24-3)20(23)25-13-19(22)21-12-15(2)16-7-5-4-6-8-16/h4-11,15H,12-13H2,1-3H3,(H,21,22)/t15-/m1/s1. The van der Waals surface area contributed by atoms with Crippen molar-refractivity contribution in [1.29, 1.82) is 0 Å². The van der Waals surface area contributed by atoms with Crippen LogP contribution in [0.1, 0.15) is 34.3 Å².